The second-order valence-electron chi connectivity index (χ2n) is 4.39. The molecule has 2 rings (SSSR count). The second-order valence-corrected chi connectivity index (χ2v) is 5.90. The predicted molar refractivity (Wildman–Crippen MR) is 88.0 cm³/mol. The van der Waals surface area contributed by atoms with Gasteiger partial charge in [-0.25, -0.2) is 0 Å². The zero-order chi connectivity index (χ0) is 14.0. The van der Waals surface area contributed by atoms with E-state index in [4.69, 9.17) is 11.6 Å². The van der Waals surface area contributed by atoms with Gasteiger partial charge in [-0.05, 0) is 84.0 Å². The maximum Gasteiger partial charge on any atom is 0.255 e. The van der Waals surface area contributed by atoms with Crippen molar-refractivity contribution in [3.05, 3.63) is 61.7 Å². The number of amides is 1. The Morgan fingerprint density at radius 1 is 1.11 bits per heavy atom. The Morgan fingerprint density at radius 3 is 2.16 bits per heavy atom. The van der Waals surface area contributed by atoms with Gasteiger partial charge in [-0.15, -0.1) is 0 Å². The van der Waals surface area contributed by atoms with Crippen LogP contribution in [0.1, 0.15) is 21.5 Å². The van der Waals surface area contributed by atoms with Gasteiger partial charge >= 0.3 is 0 Å². The Morgan fingerprint density at radius 2 is 1.63 bits per heavy atom. The van der Waals surface area contributed by atoms with Gasteiger partial charge in [0.05, 0.1) is 0 Å². The average molecular weight is 386 g/mol. The lowest BCUT2D eigenvalue weighted by Gasteiger charge is -2.09. The van der Waals surface area contributed by atoms with Gasteiger partial charge in [-0.3, -0.25) is 4.79 Å². The Hall–Kier alpha value is -1.07. The van der Waals surface area contributed by atoms with E-state index in [1.165, 1.54) is 3.57 Å². The first kappa shape index (κ1) is 14.3. The zero-order valence-electron chi connectivity index (χ0n) is 10.6. The molecule has 1 N–H and O–H groups in total. The second kappa shape index (κ2) is 5.92. The quantitative estimate of drug-likeness (QED) is 0.738. The summed E-state index contributed by atoms with van der Waals surface area (Å²) in [4.78, 5) is 12.1. The highest BCUT2D eigenvalue weighted by atomic mass is 127. The minimum absolute atomic E-state index is 0.128. The standard InChI is InChI=1S/C15H13ClINO/c1-9-7-13(8-10(2)14(9)17)18-15(19)11-3-5-12(16)6-4-11/h3-8H,1-2H3,(H,18,19). The lowest BCUT2D eigenvalue weighted by molar-refractivity contribution is 0.102. The monoisotopic (exact) mass is 385 g/mol. The third kappa shape index (κ3) is 3.48. The van der Waals surface area contributed by atoms with Gasteiger partial charge in [-0.1, -0.05) is 11.6 Å². The van der Waals surface area contributed by atoms with Crippen molar-refractivity contribution in [1.29, 1.82) is 0 Å². The fourth-order valence-electron chi connectivity index (χ4n) is 1.82. The third-order valence-electron chi connectivity index (χ3n) is 2.80. The molecule has 0 unspecified atom stereocenters. The summed E-state index contributed by atoms with van der Waals surface area (Å²) in [6.45, 7) is 4.07. The van der Waals surface area contributed by atoms with Crippen LogP contribution in [0.4, 0.5) is 5.69 Å². The summed E-state index contributed by atoms with van der Waals surface area (Å²) in [7, 11) is 0. The van der Waals surface area contributed by atoms with Crippen LogP contribution in [-0.2, 0) is 0 Å². The van der Waals surface area contributed by atoms with E-state index in [1.807, 2.05) is 26.0 Å². The molecule has 0 spiro atoms. The highest BCUT2D eigenvalue weighted by Gasteiger charge is 2.08. The summed E-state index contributed by atoms with van der Waals surface area (Å²) < 4.78 is 1.22. The molecule has 2 aromatic rings. The van der Waals surface area contributed by atoms with Crippen LogP contribution in [0.25, 0.3) is 0 Å². The molecule has 1 amide bonds. The topological polar surface area (TPSA) is 29.1 Å². The lowest BCUT2D eigenvalue weighted by Crippen LogP contribution is -2.12. The van der Waals surface area contributed by atoms with Gasteiger partial charge in [0.15, 0.2) is 0 Å². The van der Waals surface area contributed by atoms with Gasteiger partial charge < -0.3 is 5.32 Å². The van der Waals surface area contributed by atoms with Crippen LogP contribution in [0.2, 0.25) is 5.02 Å². The Labute approximate surface area is 131 Å². The normalized spacial score (nSPS) is 10.3. The molecule has 19 heavy (non-hydrogen) atoms. The van der Waals surface area contributed by atoms with Crippen molar-refractivity contribution < 1.29 is 4.79 Å². The van der Waals surface area contributed by atoms with E-state index in [1.54, 1.807) is 24.3 Å². The molecule has 2 nitrogen and oxygen atoms in total. The number of rotatable bonds is 2. The molecule has 0 radical (unpaired) electrons. The minimum Gasteiger partial charge on any atom is -0.322 e. The first-order valence-corrected chi connectivity index (χ1v) is 7.26. The number of hydrogen-bond donors (Lipinski definition) is 1. The first-order chi connectivity index (χ1) is 8.97. The van der Waals surface area contributed by atoms with Gasteiger partial charge in [0.25, 0.3) is 5.91 Å². The van der Waals surface area contributed by atoms with E-state index < -0.39 is 0 Å². The van der Waals surface area contributed by atoms with E-state index in [0.717, 1.165) is 16.8 Å². The van der Waals surface area contributed by atoms with E-state index in [0.29, 0.717) is 10.6 Å². The van der Waals surface area contributed by atoms with Crippen molar-refractivity contribution in [3.8, 4) is 0 Å². The zero-order valence-corrected chi connectivity index (χ0v) is 13.5. The Bertz CT molecular complexity index is 600. The minimum atomic E-state index is -0.128. The summed E-state index contributed by atoms with van der Waals surface area (Å²) in [5.74, 6) is -0.128. The summed E-state index contributed by atoms with van der Waals surface area (Å²) >= 11 is 8.11. The Balaban J connectivity index is 2.22. The van der Waals surface area contributed by atoms with Crippen LogP contribution in [0.3, 0.4) is 0 Å². The van der Waals surface area contributed by atoms with Crippen molar-refractivity contribution in [1.82, 2.24) is 0 Å². The molecule has 0 atom stereocenters. The first-order valence-electron chi connectivity index (χ1n) is 5.81. The Kier molecular flexibility index (Phi) is 4.47. The van der Waals surface area contributed by atoms with Crippen LogP contribution in [-0.4, -0.2) is 5.91 Å². The third-order valence-corrected chi connectivity index (χ3v) is 4.75. The maximum absolute atomic E-state index is 12.1. The van der Waals surface area contributed by atoms with Crippen molar-refractivity contribution in [2.75, 3.05) is 5.32 Å². The van der Waals surface area contributed by atoms with Crippen molar-refractivity contribution >= 4 is 45.8 Å². The van der Waals surface area contributed by atoms with Gasteiger partial charge in [0.1, 0.15) is 0 Å². The van der Waals surface area contributed by atoms with E-state index in [9.17, 15) is 4.79 Å². The summed E-state index contributed by atoms with van der Waals surface area (Å²) in [5, 5.41) is 3.52. The molecule has 0 bridgehead atoms. The molecule has 0 aromatic heterocycles. The SMILES string of the molecule is Cc1cc(NC(=O)c2ccc(Cl)cc2)cc(C)c1I. The number of anilines is 1. The smallest absolute Gasteiger partial charge is 0.255 e. The van der Waals surface area contributed by atoms with Crippen LogP contribution in [0.15, 0.2) is 36.4 Å². The van der Waals surface area contributed by atoms with E-state index >= 15 is 0 Å². The van der Waals surface area contributed by atoms with Gasteiger partial charge in [0, 0.05) is 19.8 Å². The molecule has 0 aliphatic carbocycles. The van der Waals surface area contributed by atoms with Crippen LogP contribution >= 0.6 is 34.2 Å². The number of benzene rings is 2. The summed E-state index contributed by atoms with van der Waals surface area (Å²) in [5.41, 5.74) is 3.73. The molecule has 0 aliphatic heterocycles. The van der Waals surface area contributed by atoms with Crippen LogP contribution in [0.5, 0.6) is 0 Å². The number of hydrogen-bond acceptors (Lipinski definition) is 1. The van der Waals surface area contributed by atoms with Crippen molar-refractivity contribution in [2.45, 2.75) is 13.8 Å². The van der Waals surface area contributed by atoms with Crippen LogP contribution < -0.4 is 5.32 Å². The molecule has 0 fully saturated rings. The predicted octanol–water partition coefficient (Wildman–Crippen LogP) is 4.81. The molecule has 0 saturated heterocycles. The molecule has 0 saturated carbocycles. The van der Waals surface area contributed by atoms with E-state index in [-0.39, 0.29) is 5.91 Å². The number of halogens is 2. The average Bonchev–Trinajstić information content (AvgIpc) is 2.36. The fraction of sp³-hybridized carbons (Fsp3) is 0.133. The highest BCUT2D eigenvalue weighted by molar-refractivity contribution is 14.1. The molecular weight excluding hydrogens is 373 g/mol. The summed E-state index contributed by atoms with van der Waals surface area (Å²) in [6.07, 6.45) is 0. The molecule has 98 valence electrons. The molecular formula is C15H13ClINO. The molecule has 0 heterocycles. The molecule has 0 aliphatic rings. The number of carbonyl (C=O) groups is 1. The lowest BCUT2D eigenvalue weighted by atomic mass is 10.1. The number of nitrogens with one attached hydrogen (secondary N) is 1. The maximum atomic E-state index is 12.1. The van der Waals surface area contributed by atoms with E-state index in [2.05, 4.69) is 27.9 Å². The number of aryl methyl sites for hydroxylation is 2. The van der Waals surface area contributed by atoms with Crippen LogP contribution in [0, 0.1) is 17.4 Å². The summed E-state index contributed by atoms with van der Waals surface area (Å²) in [6, 6.07) is 10.8. The van der Waals surface area contributed by atoms with Gasteiger partial charge in [0.2, 0.25) is 0 Å². The largest absolute Gasteiger partial charge is 0.322 e. The highest BCUT2D eigenvalue weighted by Crippen LogP contribution is 2.22. The fourth-order valence-corrected chi connectivity index (χ4v) is 2.26. The van der Waals surface area contributed by atoms with Gasteiger partial charge in [-0.2, -0.15) is 0 Å². The number of carbonyl (C=O) groups excluding carboxylic acids is 1. The van der Waals surface area contributed by atoms with Crippen molar-refractivity contribution in [2.24, 2.45) is 0 Å². The molecule has 4 heteroatoms. The van der Waals surface area contributed by atoms with Crippen molar-refractivity contribution in [3.63, 3.8) is 0 Å². The molecule has 2 aromatic carbocycles.